The quantitative estimate of drug-likeness (QED) is 0.719. The third-order valence-corrected chi connectivity index (χ3v) is 5.32. The van der Waals surface area contributed by atoms with Gasteiger partial charge < -0.3 is 15.1 Å². The first-order chi connectivity index (χ1) is 14.1. The Morgan fingerprint density at radius 1 is 1.10 bits per heavy atom. The molecule has 4 rings (SSSR count). The molecule has 0 unspecified atom stereocenters. The standard InChI is InChI=1S/C21H27N7O/c1-25-9-11-27(12-10-25)15-18-5-3-17(4-6-18)14-26(2)21(29)24-19-7-8-28-20(13-19)22-16-23-28/h3-8,13,16H,9-12,14-15H2,1-2H3,(H,24,29). The molecule has 0 spiro atoms. The van der Waals surface area contributed by atoms with Crippen molar-refractivity contribution in [3.05, 3.63) is 60.0 Å². The monoisotopic (exact) mass is 393 g/mol. The van der Waals surface area contributed by atoms with E-state index in [1.807, 2.05) is 0 Å². The molecule has 8 heteroatoms. The van der Waals surface area contributed by atoms with Gasteiger partial charge in [0.2, 0.25) is 0 Å². The number of fused-ring (bicyclic) bond motifs is 1. The molecule has 29 heavy (non-hydrogen) atoms. The predicted octanol–water partition coefficient (Wildman–Crippen LogP) is 2.14. The van der Waals surface area contributed by atoms with Crippen molar-refractivity contribution in [2.75, 3.05) is 45.6 Å². The molecule has 2 aromatic heterocycles. The van der Waals surface area contributed by atoms with Gasteiger partial charge in [0, 0.05) is 64.3 Å². The fraction of sp³-hybridized carbons (Fsp3) is 0.381. The van der Waals surface area contributed by atoms with E-state index in [-0.39, 0.29) is 6.03 Å². The number of nitrogens with zero attached hydrogens (tertiary/aromatic N) is 6. The molecule has 1 fully saturated rings. The molecule has 8 nitrogen and oxygen atoms in total. The van der Waals surface area contributed by atoms with Crippen LogP contribution in [0.2, 0.25) is 0 Å². The first kappa shape index (κ1) is 19.4. The molecule has 2 amide bonds. The lowest BCUT2D eigenvalue weighted by atomic mass is 10.1. The number of likely N-dealkylation sites (N-methyl/N-ethyl adjacent to an activating group) is 1. The highest BCUT2D eigenvalue weighted by atomic mass is 16.2. The number of rotatable bonds is 5. The third kappa shape index (κ3) is 4.90. The Morgan fingerprint density at radius 3 is 2.59 bits per heavy atom. The van der Waals surface area contributed by atoms with Crippen LogP contribution in [0.25, 0.3) is 5.65 Å². The molecule has 0 atom stereocenters. The van der Waals surface area contributed by atoms with Gasteiger partial charge in [-0.25, -0.2) is 14.3 Å². The largest absolute Gasteiger partial charge is 0.323 e. The lowest BCUT2D eigenvalue weighted by Gasteiger charge is -2.32. The summed E-state index contributed by atoms with van der Waals surface area (Å²) in [4.78, 5) is 23.2. The van der Waals surface area contributed by atoms with Crippen molar-refractivity contribution in [3.63, 3.8) is 0 Å². The van der Waals surface area contributed by atoms with Crippen LogP contribution in [0.5, 0.6) is 0 Å². The van der Waals surface area contributed by atoms with Gasteiger partial charge >= 0.3 is 6.03 Å². The Kier molecular flexibility index (Phi) is 5.73. The van der Waals surface area contributed by atoms with E-state index in [0.717, 1.165) is 38.3 Å². The van der Waals surface area contributed by atoms with Gasteiger partial charge in [-0.2, -0.15) is 5.10 Å². The van der Waals surface area contributed by atoms with Crippen molar-refractivity contribution in [2.24, 2.45) is 0 Å². The minimum Gasteiger partial charge on any atom is -0.323 e. The number of piperazine rings is 1. The molecule has 152 valence electrons. The Bertz CT molecular complexity index is 961. The van der Waals surface area contributed by atoms with Gasteiger partial charge in [-0.1, -0.05) is 24.3 Å². The number of pyridine rings is 1. The molecule has 1 N–H and O–H groups in total. The van der Waals surface area contributed by atoms with Gasteiger partial charge in [0.25, 0.3) is 0 Å². The van der Waals surface area contributed by atoms with Crippen molar-refractivity contribution in [3.8, 4) is 0 Å². The smallest absolute Gasteiger partial charge is 0.321 e. The lowest BCUT2D eigenvalue weighted by Crippen LogP contribution is -2.43. The van der Waals surface area contributed by atoms with Gasteiger partial charge in [-0.3, -0.25) is 4.90 Å². The maximum Gasteiger partial charge on any atom is 0.321 e. The molecule has 0 aliphatic carbocycles. The van der Waals surface area contributed by atoms with Gasteiger partial charge in [0.05, 0.1) is 0 Å². The van der Waals surface area contributed by atoms with Crippen LogP contribution < -0.4 is 5.32 Å². The predicted molar refractivity (Wildman–Crippen MR) is 113 cm³/mol. The Hall–Kier alpha value is -2.97. The highest BCUT2D eigenvalue weighted by Crippen LogP contribution is 2.13. The zero-order valence-electron chi connectivity index (χ0n) is 17.0. The summed E-state index contributed by atoms with van der Waals surface area (Å²) in [6, 6.07) is 12.0. The highest BCUT2D eigenvalue weighted by Gasteiger charge is 2.14. The van der Waals surface area contributed by atoms with E-state index in [1.165, 1.54) is 11.9 Å². The molecule has 1 aliphatic heterocycles. The molecule has 0 radical (unpaired) electrons. The number of anilines is 1. The summed E-state index contributed by atoms with van der Waals surface area (Å²) in [7, 11) is 3.97. The lowest BCUT2D eigenvalue weighted by molar-refractivity contribution is 0.148. The Labute approximate surface area is 170 Å². The molecule has 1 aromatic carbocycles. The van der Waals surface area contributed by atoms with E-state index in [0.29, 0.717) is 17.9 Å². The summed E-state index contributed by atoms with van der Waals surface area (Å²) in [5.41, 5.74) is 3.82. The first-order valence-electron chi connectivity index (χ1n) is 9.87. The van der Waals surface area contributed by atoms with Crippen LogP contribution in [0.4, 0.5) is 10.5 Å². The number of benzene rings is 1. The van der Waals surface area contributed by atoms with Crippen LogP contribution in [0.1, 0.15) is 11.1 Å². The SMILES string of the molecule is CN1CCN(Cc2ccc(CN(C)C(=O)Nc3ccn4ncnc4c3)cc2)CC1. The number of amides is 2. The molecule has 3 heterocycles. The van der Waals surface area contributed by atoms with Crippen LogP contribution in [-0.2, 0) is 13.1 Å². The van der Waals surface area contributed by atoms with Crippen molar-refractivity contribution in [1.82, 2.24) is 29.3 Å². The maximum absolute atomic E-state index is 12.5. The average Bonchev–Trinajstić information content (AvgIpc) is 3.19. The summed E-state index contributed by atoms with van der Waals surface area (Å²) in [5.74, 6) is 0. The normalized spacial score (nSPS) is 15.5. The summed E-state index contributed by atoms with van der Waals surface area (Å²) < 4.78 is 1.66. The van der Waals surface area contributed by atoms with Gasteiger partial charge in [0.15, 0.2) is 5.65 Å². The zero-order chi connectivity index (χ0) is 20.2. The summed E-state index contributed by atoms with van der Waals surface area (Å²) >= 11 is 0. The first-order valence-corrected chi connectivity index (χ1v) is 9.87. The van der Waals surface area contributed by atoms with Crippen molar-refractivity contribution >= 4 is 17.4 Å². The topological polar surface area (TPSA) is 69.0 Å². The van der Waals surface area contributed by atoms with E-state index < -0.39 is 0 Å². The number of urea groups is 1. The number of carbonyl (C=O) groups is 1. The molecule has 0 bridgehead atoms. The molecule has 1 aliphatic rings. The zero-order valence-corrected chi connectivity index (χ0v) is 17.0. The fourth-order valence-electron chi connectivity index (χ4n) is 3.47. The van der Waals surface area contributed by atoms with Crippen molar-refractivity contribution in [2.45, 2.75) is 13.1 Å². The summed E-state index contributed by atoms with van der Waals surface area (Å²) in [6.07, 6.45) is 3.26. The molecular formula is C21H27N7O. The van der Waals surface area contributed by atoms with E-state index >= 15 is 0 Å². The van der Waals surface area contributed by atoms with E-state index in [9.17, 15) is 4.79 Å². The fourth-order valence-corrected chi connectivity index (χ4v) is 3.47. The highest BCUT2D eigenvalue weighted by molar-refractivity contribution is 5.89. The number of aromatic nitrogens is 3. The maximum atomic E-state index is 12.5. The van der Waals surface area contributed by atoms with Crippen LogP contribution in [-0.4, -0.2) is 75.6 Å². The second kappa shape index (κ2) is 8.59. The minimum absolute atomic E-state index is 0.157. The Balaban J connectivity index is 1.30. The van der Waals surface area contributed by atoms with Crippen LogP contribution in [0.15, 0.2) is 48.9 Å². The second-order valence-corrected chi connectivity index (χ2v) is 7.66. The van der Waals surface area contributed by atoms with Crippen molar-refractivity contribution in [1.29, 1.82) is 0 Å². The van der Waals surface area contributed by atoms with Crippen LogP contribution in [0.3, 0.4) is 0 Å². The summed E-state index contributed by atoms with van der Waals surface area (Å²) in [6.45, 7) is 6.01. The second-order valence-electron chi connectivity index (χ2n) is 7.66. The van der Waals surface area contributed by atoms with Crippen LogP contribution in [0, 0.1) is 0 Å². The third-order valence-electron chi connectivity index (χ3n) is 5.32. The van der Waals surface area contributed by atoms with Gasteiger partial charge in [-0.15, -0.1) is 0 Å². The molecular weight excluding hydrogens is 366 g/mol. The van der Waals surface area contributed by atoms with Gasteiger partial charge in [0.1, 0.15) is 6.33 Å². The van der Waals surface area contributed by atoms with Crippen LogP contribution >= 0.6 is 0 Å². The average molecular weight is 393 g/mol. The molecule has 0 saturated carbocycles. The van der Waals surface area contributed by atoms with E-state index in [4.69, 9.17) is 0 Å². The molecule has 1 saturated heterocycles. The minimum atomic E-state index is -0.157. The number of hydrogen-bond acceptors (Lipinski definition) is 5. The number of nitrogens with one attached hydrogen (secondary N) is 1. The number of carbonyl (C=O) groups excluding carboxylic acids is 1. The van der Waals surface area contributed by atoms with Crippen molar-refractivity contribution < 1.29 is 4.79 Å². The van der Waals surface area contributed by atoms with Gasteiger partial charge in [-0.05, 0) is 24.2 Å². The van der Waals surface area contributed by atoms with E-state index in [1.54, 1.807) is 34.8 Å². The molecule has 3 aromatic rings. The summed E-state index contributed by atoms with van der Waals surface area (Å²) in [5, 5.41) is 6.96. The Morgan fingerprint density at radius 2 is 1.83 bits per heavy atom. The number of hydrogen-bond donors (Lipinski definition) is 1. The van der Waals surface area contributed by atoms with E-state index in [2.05, 4.69) is 56.5 Å².